The summed E-state index contributed by atoms with van der Waals surface area (Å²) in [6.45, 7) is 0. The third kappa shape index (κ3) is 2.89. The van der Waals surface area contributed by atoms with Crippen LogP contribution in [0.1, 0.15) is 15.9 Å². The van der Waals surface area contributed by atoms with E-state index in [-0.39, 0.29) is 16.9 Å². The van der Waals surface area contributed by atoms with Crippen LogP contribution in [0.2, 0.25) is 0 Å². The van der Waals surface area contributed by atoms with Crippen molar-refractivity contribution in [3.63, 3.8) is 0 Å². The van der Waals surface area contributed by atoms with Crippen molar-refractivity contribution in [3.8, 4) is 0 Å². The average molecular weight is 268 g/mol. The van der Waals surface area contributed by atoms with Gasteiger partial charge in [0.15, 0.2) is 5.78 Å². The molecule has 5 nitrogen and oxygen atoms in total. The molecule has 2 aromatic carbocycles. The first-order valence-electron chi connectivity index (χ1n) is 5.90. The SMILES string of the molecule is Nc1cccc(C(=O)C=Cc2ccccc2)c1[N+](=O)[O-]. The lowest BCUT2D eigenvalue weighted by molar-refractivity contribution is -0.384. The molecule has 0 unspecified atom stereocenters. The fraction of sp³-hybridized carbons (Fsp3) is 0. The molecule has 0 aliphatic heterocycles. The number of carbonyl (C=O) groups is 1. The number of carbonyl (C=O) groups excluding carboxylic acids is 1. The van der Waals surface area contributed by atoms with Gasteiger partial charge in [-0.2, -0.15) is 0 Å². The first-order chi connectivity index (χ1) is 9.59. The number of hydrogen-bond acceptors (Lipinski definition) is 4. The third-order valence-corrected chi connectivity index (χ3v) is 2.74. The minimum absolute atomic E-state index is 0.0119. The lowest BCUT2D eigenvalue weighted by Gasteiger charge is -2.01. The van der Waals surface area contributed by atoms with Crippen LogP contribution in [0.4, 0.5) is 11.4 Å². The van der Waals surface area contributed by atoms with Crippen LogP contribution >= 0.6 is 0 Å². The van der Waals surface area contributed by atoms with Gasteiger partial charge in [0.1, 0.15) is 11.3 Å². The molecule has 0 saturated heterocycles. The first-order valence-corrected chi connectivity index (χ1v) is 5.90. The van der Waals surface area contributed by atoms with E-state index in [2.05, 4.69) is 0 Å². The van der Waals surface area contributed by atoms with Gasteiger partial charge < -0.3 is 5.73 Å². The number of nitro groups is 1. The Morgan fingerprint density at radius 2 is 1.80 bits per heavy atom. The number of nitrogen functional groups attached to an aromatic ring is 1. The quantitative estimate of drug-likeness (QED) is 0.303. The van der Waals surface area contributed by atoms with Crippen molar-refractivity contribution in [2.45, 2.75) is 0 Å². The summed E-state index contributed by atoms with van der Waals surface area (Å²) >= 11 is 0. The van der Waals surface area contributed by atoms with Crippen molar-refractivity contribution in [1.29, 1.82) is 0 Å². The van der Waals surface area contributed by atoms with Gasteiger partial charge in [-0.1, -0.05) is 42.5 Å². The van der Waals surface area contributed by atoms with Crippen LogP contribution in [0, 0.1) is 10.1 Å². The van der Waals surface area contributed by atoms with Gasteiger partial charge in [-0.05, 0) is 23.8 Å². The van der Waals surface area contributed by atoms with Gasteiger partial charge >= 0.3 is 5.69 Å². The van der Waals surface area contributed by atoms with E-state index < -0.39 is 10.7 Å². The molecule has 5 heteroatoms. The monoisotopic (exact) mass is 268 g/mol. The number of anilines is 1. The normalized spacial score (nSPS) is 10.6. The molecule has 0 radical (unpaired) electrons. The smallest absolute Gasteiger partial charge is 0.303 e. The van der Waals surface area contributed by atoms with E-state index in [4.69, 9.17) is 5.73 Å². The molecule has 2 aromatic rings. The van der Waals surface area contributed by atoms with Crippen molar-refractivity contribution >= 4 is 23.2 Å². The summed E-state index contributed by atoms with van der Waals surface area (Å²) in [5.41, 5.74) is 6.01. The van der Waals surface area contributed by atoms with Gasteiger partial charge in [0.2, 0.25) is 0 Å². The van der Waals surface area contributed by atoms with Crippen LogP contribution in [0.25, 0.3) is 6.08 Å². The number of nitrogens with two attached hydrogens (primary N) is 1. The van der Waals surface area contributed by atoms with Crippen molar-refractivity contribution in [3.05, 3.63) is 75.8 Å². The minimum Gasteiger partial charge on any atom is -0.393 e. The molecule has 2 N–H and O–H groups in total. The molecule has 0 fully saturated rings. The molecule has 100 valence electrons. The van der Waals surface area contributed by atoms with E-state index in [0.29, 0.717) is 0 Å². The predicted octanol–water partition coefficient (Wildman–Crippen LogP) is 3.07. The summed E-state index contributed by atoms with van der Waals surface area (Å²) in [5.74, 6) is -0.451. The van der Waals surface area contributed by atoms with Gasteiger partial charge in [-0.15, -0.1) is 0 Å². The summed E-state index contributed by atoms with van der Waals surface area (Å²) in [7, 11) is 0. The second kappa shape index (κ2) is 5.79. The van der Waals surface area contributed by atoms with Gasteiger partial charge in [0.05, 0.1) is 4.92 Å². The predicted molar refractivity (Wildman–Crippen MR) is 77.3 cm³/mol. The Morgan fingerprint density at radius 1 is 1.10 bits per heavy atom. The number of rotatable bonds is 4. The maximum Gasteiger partial charge on any atom is 0.303 e. The van der Waals surface area contributed by atoms with Gasteiger partial charge in [-0.3, -0.25) is 14.9 Å². The van der Waals surface area contributed by atoms with Crippen molar-refractivity contribution < 1.29 is 9.72 Å². The maximum absolute atomic E-state index is 12.0. The highest BCUT2D eigenvalue weighted by Gasteiger charge is 2.21. The Hall–Kier alpha value is -2.95. The zero-order valence-corrected chi connectivity index (χ0v) is 10.5. The topological polar surface area (TPSA) is 86.2 Å². The number of nitrogens with zero attached hydrogens (tertiary/aromatic N) is 1. The fourth-order valence-corrected chi connectivity index (χ4v) is 1.79. The molecule has 20 heavy (non-hydrogen) atoms. The molecule has 0 aromatic heterocycles. The Balaban J connectivity index is 2.33. The number of hydrogen-bond donors (Lipinski definition) is 1. The van der Waals surface area contributed by atoms with Crippen molar-refractivity contribution in [2.24, 2.45) is 0 Å². The molecule has 2 rings (SSSR count). The van der Waals surface area contributed by atoms with E-state index in [1.807, 2.05) is 30.3 Å². The first kappa shape index (κ1) is 13.5. The summed E-state index contributed by atoms with van der Waals surface area (Å²) < 4.78 is 0. The van der Waals surface area contributed by atoms with E-state index in [9.17, 15) is 14.9 Å². The Bertz CT molecular complexity index is 679. The summed E-state index contributed by atoms with van der Waals surface area (Å²) in [6, 6.07) is 13.5. The molecule has 0 amide bonds. The highest BCUT2D eigenvalue weighted by Crippen LogP contribution is 2.26. The van der Waals surface area contributed by atoms with Crippen LogP contribution in [-0.4, -0.2) is 10.7 Å². The molecule has 0 atom stereocenters. The maximum atomic E-state index is 12.0. The van der Waals surface area contributed by atoms with Crippen LogP contribution in [0.15, 0.2) is 54.6 Å². The second-order valence-electron chi connectivity index (χ2n) is 4.11. The van der Waals surface area contributed by atoms with E-state index in [1.54, 1.807) is 6.08 Å². The minimum atomic E-state index is -0.640. The molecule has 0 saturated carbocycles. The zero-order valence-electron chi connectivity index (χ0n) is 10.5. The summed E-state index contributed by atoms with van der Waals surface area (Å²) in [5, 5.41) is 11.0. The number of nitro benzene ring substituents is 1. The molecule has 0 heterocycles. The number of allylic oxidation sites excluding steroid dienone is 1. The van der Waals surface area contributed by atoms with Crippen molar-refractivity contribution in [2.75, 3.05) is 5.73 Å². The zero-order chi connectivity index (χ0) is 14.5. The molecule has 0 aliphatic rings. The lowest BCUT2D eigenvalue weighted by Crippen LogP contribution is -2.04. The standard InChI is InChI=1S/C15H12N2O3/c16-13-8-4-7-12(15(13)17(19)20)14(18)10-9-11-5-2-1-3-6-11/h1-10H,16H2. The molecular weight excluding hydrogens is 256 g/mol. The van der Waals surface area contributed by atoms with Crippen LogP contribution in [0.3, 0.4) is 0 Å². The largest absolute Gasteiger partial charge is 0.393 e. The molecule has 0 spiro atoms. The van der Waals surface area contributed by atoms with Gasteiger partial charge in [0, 0.05) is 0 Å². The summed E-state index contributed by atoms with van der Waals surface area (Å²) in [6.07, 6.45) is 2.91. The van der Waals surface area contributed by atoms with Gasteiger partial charge in [-0.25, -0.2) is 0 Å². The highest BCUT2D eigenvalue weighted by atomic mass is 16.6. The van der Waals surface area contributed by atoms with Gasteiger partial charge in [0.25, 0.3) is 0 Å². The van der Waals surface area contributed by atoms with E-state index in [0.717, 1.165) is 5.56 Å². The van der Waals surface area contributed by atoms with Crippen molar-refractivity contribution in [1.82, 2.24) is 0 Å². The Morgan fingerprint density at radius 3 is 2.45 bits per heavy atom. The fourth-order valence-electron chi connectivity index (χ4n) is 1.79. The number of benzene rings is 2. The third-order valence-electron chi connectivity index (χ3n) is 2.74. The Labute approximate surface area is 115 Å². The number of para-hydroxylation sites is 1. The molecule has 0 aliphatic carbocycles. The van der Waals surface area contributed by atoms with E-state index in [1.165, 1.54) is 24.3 Å². The Kier molecular flexibility index (Phi) is 3.91. The van der Waals surface area contributed by atoms with Crippen LogP contribution in [0.5, 0.6) is 0 Å². The summed E-state index contributed by atoms with van der Waals surface area (Å²) in [4.78, 5) is 22.4. The average Bonchev–Trinajstić information content (AvgIpc) is 2.45. The van der Waals surface area contributed by atoms with E-state index >= 15 is 0 Å². The van der Waals surface area contributed by atoms with Crippen LogP contribution in [-0.2, 0) is 0 Å². The lowest BCUT2D eigenvalue weighted by atomic mass is 10.1. The number of ketones is 1. The second-order valence-corrected chi connectivity index (χ2v) is 4.11. The molecular formula is C15H12N2O3. The molecule has 0 bridgehead atoms. The van der Waals surface area contributed by atoms with Crippen LogP contribution < -0.4 is 5.73 Å². The highest BCUT2D eigenvalue weighted by molar-refractivity contribution is 6.10.